The molecule has 5 heteroatoms. The van der Waals surface area contributed by atoms with Crippen LogP contribution in [0, 0.1) is 23.2 Å². The number of piperidine rings is 1. The van der Waals surface area contributed by atoms with Gasteiger partial charge in [0.25, 0.3) is 0 Å². The Morgan fingerprint density at radius 1 is 0.929 bits per heavy atom. The summed E-state index contributed by atoms with van der Waals surface area (Å²) in [6.45, 7) is 7.83. The van der Waals surface area contributed by atoms with Crippen molar-refractivity contribution in [2.24, 2.45) is 23.2 Å². The molecule has 1 aliphatic heterocycles. The van der Waals surface area contributed by atoms with Crippen LogP contribution in [0.25, 0.3) is 0 Å². The van der Waals surface area contributed by atoms with Gasteiger partial charge in [-0.3, -0.25) is 14.5 Å². The van der Waals surface area contributed by atoms with Crippen molar-refractivity contribution in [3.8, 4) is 0 Å². The van der Waals surface area contributed by atoms with Gasteiger partial charge < -0.3 is 10.6 Å². The molecule has 5 nitrogen and oxygen atoms in total. The number of rotatable bonds is 7. The van der Waals surface area contributed by atoms with Crippen molar-refractivity contribution in [1.82, 2.24) is 15.5 Å². The maximum absolute atomic E-state index is 13.0. The summed E-state index contributed by atoms with van der Waals surface area (Å²) < 4.78 is 0. The van der Waals surface area contributed by atoms with Gasteiger partial charge in [-0.2, -0.15) is 0 Å². The lowest BCUT2D eigenvalue weighted by Gasteiger charge is -2.55. The van der Waals surface area contributed by atoms with Crippen LogP contribution in [0.15, 0.2) is 0 Å². The second kappa shape index (κ2) is 7.97. The molecule has 0 atom stereocenters. The quantitative estimate of drug-likeness (QED) is 0.703. The molecule has 4 saturated carbocycles. The smallest absolute Gasteiger partial charge is 0.226 e. The van der Waals surface area contributed by atoms with Crippen molar-refractivity contribution in [2.75, 3.05) is 26.2 Å². The highest BCUT2D eigenvalue weighted by atomic mass is 16.2. The zero-order chi connectivity index (χ0) is 19.8. The second-order valence-corrected chi connectivity index (χ2v) is 10.8. The Morgan fingerprint density at radius 2 is 1.50 bits per heavy atom. The highest BCUT2D eigenvalue weighted by Crippen LogP contribution is 2.60. The normalized spacial score (nSPS) is 35.0. The summed E-state index contributed by atoms with van der Waals surface area (Å²) in [5.74, 6) is 2.61. The van der Waals surface area contributed by atoms with Gasteiger partial charge in [-0.1, -0.05) is 6.42 Å². The predicted octanol–water partition coefficient (Wildman–Crippen LogP) is 3.09. The van der Waals surface area contributed by atoms with E-state index in [1.54, 1.807) is 0 Å². The average Bonchev–Trinajstić information content (AvgIpc) is 2.66. The SMILES string of the molecule is CC(C)(CNC(=O)CCNC(=O)C12CC3CC(CC(C3)C1)C2)N1CCCCC1. The fourth-order valence-corrected chi connectivity index (χ4v) is 6.88. The van der Waals surface area contributed by atoms with Gasteiger partial charge in [-0.15, -0.1) is 0 Å². The molecule has 0 aromatic heterocycles. The molecule has 4 aliphatic carbocycles. The van der Waals surface area contributed by atoms with Crippen LogP contribution in [0.3, 0.4) is 0 Å². The molecular weight excluding hydrogens is 350 g/mol. The summed E-state index contributed by atoms with van der Waals surface area (Å²) in [7, 11) is 0. The maximum Gasteiger partial charge on any atom is 0.226 e. The average molecular weight is 390 g/mol. The lowest BCUT2D eigenvalue weighted by atomic mass is 9.49. The maximum atomic E-state index is 13.0. The van der Waals surface area contributed by atoms with Crippen LogP contribution in [0.5, 0.6) is 0 Å². The molecule has 4 bridgehead atoms. The molecule has 28 heavy (non-hydrogen) atoms. The lowest BCUT2D eigenvalue weighted by Crippen LogP contribution is -2.54. The molecule has 0 spiro atoms. The number of nitrogens with one attached hydrogen (secondary N) is 2. The molecule has 0 aromatic rings. The number of hydrogen-bond acceptors (Lipinski definition) is 3. The molecule has 0 aromatic carbocycles. The second-order valence-electron chi connectivity index (χ2n) is 10.8. The first-order chi connectivity index (χ1) is 13.4. The first-order valence-corrected chi connectivity index (χ1v) is 11.7. The van der Waals surface area contributed by atoms with Crippen molar-refractivity contribution in [3.05, 3.63) is 0 Å². The molecule has 2 N–H and O–H groups in total. The van der Waals surface area contributed by atoms with Crippen LogP contribution in [0.2, 0.25) is 0 Å². The van der Waals surface area contributed by atoms with Gasteiger partial charge in [-0.25, -0.2) is 0 Å². The Kier molecular flexibility index (Phi) is 5.74. The molecule has 5 fully saturated rings. The standard InChI is InChI=1S/C23H39N3O2/c1-22(2,26-8-4-3-5-9-26)16-25-20(27)6-7-24-21(28)23-13-17-10-18(14-23)12-19(11-17)15-23/h17-19H,3-16H2,1-2H3,(H,24,28)(H,25,27). The topological polar surface area (TPSA) is 61.4 Å². The lowest BCUT2D eigenvalue weighted by molar-refractivity contribution is -0.146. The Bertz CT molecular complexity index is 559. The van der Waals surface area contributed by atoms with Crippen LogP contribution in [0.1, 0.15) is 78.1 Å². The summed E-state index contributed by atoms with van der Waals surface area (Å²) in [6, 6.07) is 0. The summed E-state index contributed by atoms with van der Waals surface area (Å²) in [4.78, 5) is 27.8. The van der Waals surface area contributed by atoms with Gasteiger partial charge in [-0.05, 0) is 96.1 Å². The van der Waals surface area contributed by atoms with Crippen LogP contribution >= 0.6 is 0 Å². The Labute approximate surface area is 170 Å². The minimum Gasteiger partial charge on any atom is -0.355 e. The molecule has 5 rings (SSSR count). The van der Waals surface area contributed by atoms with Crippen molar-refractivity contribution in [3.63, 3.8) is 0 Å². The van der Waals surface area contributed by atoms with E-state index >= 15 is 0 Å². The molecule has 0 radical (unpaired) electrons. The van der Waals surface area contributed by atoms with E-state index in [0.29, 0.717) is 19.5 Å². The van der Waals surface area contributed by atoms with Crippen molar-refractivity contribution < 1.29 is 9.59 Å². The molecule has 1 heterocycles. The number of carbonyl (C=O) groups is 2. The van der Waals surface area contributed by atoms with Gasteiger partial charge in [0, 0.05) is 30.5 Å². The summed E-state index contributed by atoms with van der Waals surface area (Å²) in [6.07, 6.45) is 11.5. The monoisotopic (exact) mass is 389 g/mol. The molecule has 2 amide bonds. The van der Waals surface area contributed by atoms with Gasteiger partial charge in [0.2, 0.25) is 11.8 Å². The predicted molar refractivity (Wildman–Crippen MR) is 111 cm³/mol. The fourth-order valence-electron chi connectivity index (χ4n) is 6.88. The van der Waals surface area contributed by atoms with Crippen molar-refractivity contribution in [2.45, 2.75) is 83.6 Å². The first-order valence-electron chi connectivity index (χ1n) is 11.7. The van der Waals surface area contributed by atoms with E-state index in [1.165, 1.54) is 38.5 Å². The van der Waals surface area contributed by atoms with Gasteiger partial charge in [0.15, 0.2) is 0 Å². The van der Waals surface area contributed by atoms with Gasteiger partial charge >= 0.3 is 0 Å². The van der Waals surface area contributed by atoms with E-state index in [4.69, 9.17) is 0 Å². The van der Waals surface area contributed by atoms with E-state index in [2.05, 4.69) is 29.4 Å². The van der Waals surface area contributed by atoms with E-state index < -0.39 is 0 Å². The van der Waals surface area contributed by atoms with E-state index in [0.717, 1.165) is 50.1 Å². The molecule has 5 aliphatic rings. The Hall–Kier alpha value is -1.10. The van der Waals surface area contributed by atoms with Crippen molar-refractivity contribution in [1.29, 1.82) is 0 Å². The van der Waals surface area contributed by atoms with E-state index in [1.807, 2.05) is 0 Å². The summed E-state index contributed by atoms with van der Waals surface area (Å²) >= 11 is 0. The third-order valence-electron chi connectivity index (χ3n) is 8.09. The third-order valence-corrected chi connectivity index (χ3v) is 8.09. The van der Waals surface area contributed by atoms with E-state index in [-0.39, 0.29) is 22.8 Å². The number of amides is 2. The zero-order valence-electron chi connectivity index (χ0n) is 17.9. The van der Waals surface area contributed by atoms with Crippen LogP contribution in [-0.2, 0) is 9.59 Å². The first kappa shape index (κ1) is 20.2. The number of nitrogens with zero attached hydrogens (tertiary/aromatic N) is 1. The molecule has 158 valence electrons. The molecule has 1 saturated heterocycles. The Balaban J connectivity index is 1.19. The van der Waals surface area contributed by atoms with Gasteiger partial charge in [0.05, 0.1) is 0 Å². The summed E-state index contributed by atoms with van der Waals surface area (Å²) in [5, 5.41) is 6.22. The van der Waals surface area contributed by atoms with Crippen LogP contribution in [0.4, 0.5) is 0 Å². The minimum atomic E-state index is -0.110. The largest absolute Gasteiger partial charge is 0.355 e. The summed E-state index contributed by atoms with van der Waals surface area (Å²) in [5.41, 5.74) is -0.111. The fraction of sp³-hybridized carbons (Fsp3) is 0.913. The van der Waals surface area contributed by atoms with Crippen LogP contribution < -0.4 is 10.6 Å². The van der Waals surface area contributed by atoms with Crippen LogP contribution in [-0.4, -0.2) is 48.4 Å². The van der Waals surface area contributed by atoms with Gasteiger partial charge in [0.1, 0.15) is 0 Å². The highest BCUT2D eigenvalue weighted by Gasteiger charge is 2.54. The van der Waals surface area contributed by atoms with Crippen molar-refractivity contribution >= 4 is 11.8 Å². The number of carbonyl (C=O) groups excluding carboxylic acids is 2. The number of likely N-dealkylation sites (tertiary alicyclic amines) is 1. The third kappa shape index (κ3) is 4.24. The molecular formula is C23H39N3O2. The Morgan fingerprint density at radius 3 is 2.07 bits per heavy atom. The number of hydrogen-bond donors (Lipinski definition) is 2. The minimum absolute atomic E-state index is 0.00146. The van der Waals surface area contributed by atoms with E-state index in [9.17, 15) is 9.59 Å². The zero-order valence-corrected chi connectivity index (χ0v) is 17.9. The molecule has 0 unspecified atom stereocenters. The highest BCUT2D eigenvalue weighted by molar-refractivity contribution is 5.84.